The molecule has 1 aromatic heterocycles. The second kappa shape index (κ2) is 6.56. The number of hydrogen-bond donors (Lipinski definition) is 1. The van der Waals surface area contributed by atoms with Gasteiger partial charge in [0.1, 0.15) is 5.76 Å². The molecule has 2 heterocycles. The summed E-state index contributed by atoms with van der Waals surface area (Å²) >= 11 is 0. The highest BCUT2D eigenvalue weighted by molar-refractivity contribution is 5.78. The standard InChI is InChI=1S/C13H21N3O2/c1-2-15(10-12-4-3-9-18-12)11-13(17)16-7-5-14-6-8-16/h3-4,9,14H,2,5-8,10-11H2,1H3. The second-order valence-electron chi connectivity index (χ2n) is 4.51. The first-order valence-corrected chi connectivity index (χ1v) is 6.53. The van der Waals surface area contributed by atoms with Crippen molar-refractivity contribution in [1.29, 1.82) is 0 Å². The van der Waals surface area contributed by atoms with Gasteiger partial charge in [-0.25, -0.2) is 0 Å². The number of furan rings is 1. The van der Waals surface area contributed by atoms with Crippen molar-refractivity contribution in [1.82, 2.24) is 15.1 Å². The molecule has 1 aliphatic heterocycles. The number of nitrogens with one attached hydrogen (secondary N) is 1. The van der Waals surface area contributed by atoms with Gasteiger partial charge in [-0.15, -0.1) is 0 Å². The summed E-state index contributed by atoms with van der Waals surface area (Å²) in [4.78, 5) is 16.2. The first-order valence-electron chi connectivity index (χ1n) is 6.53. The zero-order chi connectivity index (χ0) is 12.8. The van der Waals surface area contributed by atoms with Crippen LogP contribution >= 0.6 is 0 Å². The molecule has 1 saturated heterocycles. The third kappa shape index (κ3) is 3.58. The number of carbonyl (C=O) groups excluding carboxylic acids is 1. The van der Waals surface area contributed by atoms with Crippen LogP contribution in [0.2, 0.25) is 0 Å². The molecule has 0 radical (unpaired) electrons. The van der Waals surface area contributed by atoms with Crippen LogP contribution in [0, 0.1) is 0 Å². The van der Waals surface area contributed by atoms with Crippen molar-refractivity contribution in [3.05, 3.63) is 24.2 Å². The normalized spacial score (nSPS) is 16.2. The third-order valence-corrected chi connectivity index (χ3v) is 3.24. The third-order valence-electron chi connectivity index (χ3n) is 3.24. The van der Waals surface area contributed by atoms with Gasteiger partial charge in [-0.2, -0.15) is 0 Å². The van der Waals surface area contributed by atoms with Crippen molar-refractivity contribution in [2.75, 3.05) is 39.3 Å². The number of piperazine rings is 1. The van der Waals surface area contributed by atoms with Crippen molar-refractivity contribution >= 4 is 5.91 Å². The highest BCUT2D eigenvalue weighted by Gasteiger charge is 2.18. The fraction of sp³-hybridized carbons (Fsp3) is 0.615. The molecule has 1 N–H and O–H groups in total. The van der Waals surface area contributed by atoms with Gasteiger partial charge in [-0.05, 0) is 18.7 Å². The molecule has 5 heteroatoms. The molecule has 100 valence electrons. The van der Waals surface area contributed by atoms with Crippen LogP contribution in [-0.4, -0.2) is 55.0 Å². The predicted octanol–water partition coefficient (Wildman–Crippen LogP) is 0.533. The molecule has 1 fully saturated rings. The van der Waals surface area contributed by atoms with Crippen LogP contribution in [0.3, 0.4) is 0 Å². The van der Waals surface area contributed by atoms with E-state index in [0.717, 1.165) is 38.5 Å². The van der Waals surface area contributed by atoms with Crippen molar-refractivity contribution < 1.29 is 9.21 Å². The molecule has 2 rings (SSSR count). The van der Waals surface area contributed by atoms with E-state index in [1.165, 1.54) is 0 Å². The molecule has 1 aromatic rings. The Bertz CT molecular complexity index is 358. The number of rotatable bonds is 5. The Morgan fingerprint density at radius 3 is 2.89 bits per heavy atom. The van der Waals surface area contributed by atoms with Gasteiger partial charge in [0.2, 0.25) is 5.91 Å². The van der Waals surface area contributed by atoms with E-state index in [-0.39, 0.29) is 5.91 Å². The summed E-state index contributed by atoms with van der Waals surface area (Å²) in [5.74, 6) is 1.12. The number of amides is 1. The first kappa shape index (κ1) is 13.1. The summed E-state index contributed by atoms with van der Waals surface area (Å²) in [6.45, 7) is 7.51. The van der Waals surface area contributed by atoms with Gasteiger partial charge in [0.25, 0.3) is 0 Å². The van der Waals surface area contributed by atoms with E-state index in [2.05, 4.69) is 17.1 Å². The zero-order valence-electron chi connectivity index (χ0n) is 10.9. The Balaban J connectivity index is 1.83. The Hall–Kier alpha value is -1.33. The highest BCUT2D eigenvalue weighted by atomic mass is 16.3. The fourth-order valence-corrected chi connectivity index (χ4v) is 2.11. The van der Waals surface area contributed by atoms with Gasteiger partial charge in [0.05, 0.1) is 19.4 Å². The van der Waals surface area contributed by atoms with Gasteiger partial charge in [-0.3, -0.25) is 9.69 Å². The smallest absolute Gasteiger partial charge is 0.236 e. The Morgan fingerprint density at radius 2 is 2.28 bits per heavy atom. The zero-order valence-corrected chi connectivity index (χ0v) is 10.9. The van der Waals surface area contributed by atoms with Gasteiger partial charge in [0, 0.05) is 26.2 Å². The summed E-state index contributed by atoms with van der Waals surface area (Å²) in [7, 11) is 0. The van der Waals surface area contributed by atoms with Crippen LogP contribution in [0.25, 0.3) is 0 Å². The van der Waals surface area contributed by atoms with Crippen molar-refractivity contribution in [3.63, 3.8) is 0 Å². The quantitative estimate of drug-likeness (QED) is 0.829. The fourth-order valence-electron chi connectivity index (χ4n) is 2.11. The van der Waals surface area contributed by atoms with E-state index < -0.39 is 0 Å². The summed E-state index contributed by atoms with van der Waals surface area (Å²) < 4.78 is 5.32. The van der Waals surface area contributed by atoms with Crippen molar-refractivity contribution in [3.8, 4) is 0 Å². The minimum atomic E-state index is 0.213. The largest absolute Gasteiger partial charge is 0.468 e. The Kier molecular flexibility index (Phi) is 4.78. The van der Waals surface area contributed by atoms with E-state index in [9.17, 15) is 4.79 Å². The van der Waals surface area contributed by atoms with E-state index in [4.69, 9.17) is 4.42 Å². The van der Waals surface area contributed by atoms with Crippen LogP contribution in [0.5, 0.6) is 0 Å². The molecule has 0 aromatic carbocycles. The SMILES string of the molecule is CCN(CC(=O)N1CCNCC1)Cc1ccco1. The average Bonchev–Trinajstić information content (AvgIpc) is 2.91. The number of hydrogen-bond acceptors (Lipinski definition) is 4. The summed E-state index contributed by atoms with van der Waals surface area (Å²) in [5, 5.41) is 3.25. The maximum atomic E-state index is 12.1. The molecule has 0 bridgehead atoms. The maximum absolute atomic E-state index is 12.1. The van der Waals surface area contributed by atoms with Crippen LogP contribution in [0.15, 0.2) is 22.8 Å². The molecule has 1 amide bonds. The van der Waals surface area contributed by atoms with Crippen LogP contribution in [0.4, 0.5) is 0 Å². The summed E-state index contributed by atoms with van der Waals surface area (Å²) in [5.41, 5.74) is 0. The second-order valence-corrected chi connectivity index (χ2v) is 4.51. The monoisotopic (exact) mass is 251 g/mol. The molecular weight excluding hydrogens is 230 g/mol. The molecule has 1 aliphatic rings. The van der Waals surface area contributed by atoms with E-state index in [0.29, 0.717) is 13.1 Å². The highest BCUT2D eigenvalue weighted by Crippen LogP contribution is 2.06. The van der Waals surface area contributed by atoms with E-state index >= 15 is 0 Å². The topological polar surface area (TPSA) is 48.7 Å². The molecular formula is C13H21N3O2. The molecule has 18 heavy (non-hydrogen) atoms. The van der Waals surface area contributed by atoms with E-state index in [1.807, 2.05) is 17.0 Å². The molecule has 0 saturated carbocycles. The predicted molar refractivity (Wildman–Crippen MR) is 69.1 cm³/mol. The summed E-state index contributed by atoms with van der Waals surface area (Å²) in [6, 6.07) is 3.82. The maximum Gasteiger partial charge on any atom is 0.236 e. The van der Waals surface area contributed by atoms with Crippen LogP contribution in [0.1, 0.15) is 12.7 Å². The number of carbonyl (C=O) groups is 1. The number of likely N-dealkylation sites (N-methyl/N-ethyl adjacent to an activating group) is 1. The molecule has 0 aliphatic carbocycles. The lowest BCUT2D eigenvalue weighted by Crippen LogP contribution is -2.49. The van der Waals surface area contributed by atoms with Crippen molar-refractivity contribution in [2.24, 2.45) is 0 Å². The van der Waals surface area contributed by atoms with Crippen LogP contribution < -0.4 is 5.32 Å². The lowest BCUT2D eigenvalue weighted by molar-refractivity contribution is -0.133. The Labute approximate surface area is 108 Å². The minimum absolute atomic E-state index is 0.213. The Morgan fingerprint density at radius 1 is 1.50 bits per heavy atom. The van der Waals surface area contributed by atoms with Crippen molar-refractivity contribution in [2.45, 2.75) is 13.5 Å². The van der Waals surface area contributed by atoms with Gasteiger partial charge in [0.15, 0.2) is 0 Å². The number of nitrogens with zero attached hydrogens (tertiary/aromatic N) is 2. The van der Waals surface area contributed by atoms with Gasteiger partial charge < -0.3 is 14.6 Å². The molecule has 0 atom stereocenters. The van der Waals surface area contributed by atoms with Crippen LogP contribution in [-0.2, 0) is 11.3 Å². The van der Waals surface area contributed by atoms with E-state index in [1.54, 1.807) is 6.26 Å². The minimum Gasteiger partial charge on any atom is -0.468 e. The molecule has 5 nitrogen and oxygen atoms in total. The summed E-state index contributed by atoms with van der Waals surface area (Å²) in [6.07, 6.45) is 1.67. The average molecular weight is 251 g/mol. The molecule has 0 unspecified atom stereocenters. The lowest BCUT2D eigenvalue weighted by Gasteiger charge is -2.29. The lowest BCUT2D eigenvalue weighted by atomic mass is 10.3. The van der Waals surface area contributed by atoms with Gasteiger partial charge in [-0.1, -0.05) is 6.92 Å². The van der Waals surface area contributed by atoms with Gasteiger partial charge >= 0.3 is 0 Å². The first-order chi connectivity index (χ1) is 8.79. The molecule has 0 spiro atoms.